The highest BCUT2D eigenvalue weighted by Crippen LogP contribution is 2.15. The summed E-state index contributed by atoms with van der Waals surface area (Å²) >= 11 is 0. The molecule has 80 valence electrons. The van der Waals surface area contributed by atoms with Crippen LogP contribution in [0, 0.1) is 11.6 Å². The van der Waals surface area contributed by atoms with Crippen molar-refractivity contribution in [2.75, 3.05) is 5.32 Å². The zero-order valence-corrected chi connectivity index (χ0v) is 8.09. The van der Waals surface area contributed by atoms with Crippen molar-refractivity contribution in [2.24, 2.45) is 0 Å². The van der Waals surface area contributed by atoms with Crippen LogP contribution in [0.25, 0.3) is 0 Å². The van der Waals surface area contributed by atoms with Crippen LogP contribution in [-0.2, 0) is 4.79 Å². The largest absolute Gasteiger partial charge is 0.324 e. The van der Waals surface area contributed by atoms with E-state index >= 15 is 0 Å². The van der Waals surface area contributed by atoms with Gasteiger partial charge in [-0.05, 0) is 18.6 Å². The van der Waals surface area contributed by atoms with Crippen molar-refractivity contribution in [1.82, 2.24) is 0 Å². The van der Waals surface area contributed by atoms with Crippen molar-refractivity contribution in [2.45, 2.75) is 12.8 Å². The van der Waals surface area contributed by atoms with Crippen molar-refractivity contribution in [3.63, 3.8) is 0 Å². The first-order valence-corrected chi connectivity index (χ1v) is 4.49. The Morgan fingerprint density at radius 1 is 1.47 bits per heavy atom. The number of carbonyl (C=O) groups excluding carboxylic acids is 1. The molecule has 0 aliphatic rings. The fourth-order valence-electron chi connectivity index (χ4n) is 1.04. The number of anilines is 1. The minimum atomic E-state index is -0.776. The normalized spacial score (nSPS) is 9.73. The molecule has 2 nitrogen and oxygen atoms in total. The molecule has 0 atom stereocenters. The van der Waals surface area contributed by atoms with E-state index in [-0.39, 0.29) is 18.0 Å². The van der Waals surface area contributed by atoms with Crippen LogP contribution in [0.5, 0.6) is 0 Å². The van der Waals surface area contributed by atoms with Gasteiger partial charge in [-0.25, -0.2) is 8.78 Å². The third-order valence-electron chi connectivity index (χ3n) is 1.78. The van der Waals surface area contributed by atoms with Crippen LogP contribution in [0.2, 0.25) is 0 Å². The lowest BCUT2D eigenvalue weighted by atomic mass is 10.2. The van der Waals surface area contributed by atoms with Gasteiger partial charge in [0, 0.05) is 12.5 Å². The summed E-state index contributed by atoms with van der Waals surface area (Å²) in [6.45, 7) is 3.47. The molecule has 0 aliphatic heterocycles. The molecule has 0 fully saturated rings. The first-order valence-electron chi connectivity index (χ1n) is 4.49. The lowest BCUT2D eigenvalue weighted by Crippen LogP contribution is -2.11. The smallest absolute Gasteiger partial charge is 0.224 e. The Morgan fingerprint density at radius 2 is 2.20 bits per heavy atom. The van der Waals surface area contributed by atoms with Crippen molar-refractivity contribution in [3.8, 4) is 0 Å². The van der Waals surface area contributed by atoms with E-state index in [1.54, 1.807) is 6.08 Å². The molecule has 0 bridgehead atoms. The highest BCUT2D eigenvalue weighted by Gasteiger charge is 2.06. The number of allylic oxidation sites excluding steroid dienone is 1. The number of carbonyl (C=O) groups is 1. The molecule has 0 saturated carbocycles. The van der Waals surface area contributed by atoms with E-state index in [9.17, 15) is 13.6 Å². The van der Waals surface area contributed by atoms with E-state index < -0.39 is 11.6 Å². The minimum Gasteiger partial charge on any atom is -0.324 e. The van der Waals surface area contributed by atoms with E-state index in [1.807, 2.05) is 0 Å². The molecule has 4 heteroatoms. The van der Waals surface area contributed by atoms with Gasteiger partial charge in [-0.3, -0.25) is 4.79 Å². The zero-order valence-electron chi connectivity index (χ0n) is 8.09. The topological polar surface area (TPSA) is 29.1 Å². The number of hydrogen-bond donors (Lipinski definition) is 1. The number of nitrogens with one attached hydrogen (secondary N) is 1. The van der Waals surface area contributed by atoms with E-state index in [4.69, 9.17) is 0 Å². The van der Waals surface area contributed by atoms with Gasteiger partial charge in [0.25, 0.3) is 0 Å². The Labute approximate surface area is 86.6 Å². The van der Waals surface area contributed by atoms with Gasteiger partial charge in [0.1, 0.15) is 11.6 Å². The van der Waals surface area contributed by atoms with E-state index in [1.165, 1.54) is 6.07 Å². The average molecular weight is 211 g/mol. The molecule has 1 rings (SSSR count). The highest BCUT2D eigenvalue weighted by molar-refractivity contribution is 5.90. The third-order valence-corrected chi connectivity index (χ3v) is 1.78. The Hall–Kier alpha value is -1.71. The first-order chi connectivity index (χ1) is 7.13. The zero-order chi connectivity index (χ0) is 11.3. The van der Waals surface area contributed by atoms with E-state index in [0.29, 0.717) is 6.42 Å². The summed E-state index contributed by atoms with van der Waals surface area (Å²) in [6.07, 6.45) is 2.36. The third kappa shape index (κ3) is 3.50. The lowest BCUT2D eigenvalue weighted by Gasteiger charge is -2.05. The molecule has 0 saturated heterocycles. The van der Waals surface area contributed by atoms with Crippen LogP contribution in [0.3, 0.4) is 0 Å². The molecule has 0 heterocycles. The predicted octanol–water partition coefficient (Wildman–Crippen LogP) is 2.87. The summed E-state index contributed by atoms with van der Waals surface area (Å²) in [7, 11) is 0. The molecule has 0 aromatic heterocycles. The fraction of sp³-hybridized carbons (Fsp3) is 0.182. The summed E-state index contributed by atoms with van der Waals surface area (Å²) in [5.74, 6) is -1.76. The van der Waals surface area contributed by atoms with Gasteiger partial charge in [-0.2, -0.15) is 0 Å². The standard InChI is InChI=1S/C11H11F2NO/c1-2-3-4-11(15)14-10-6-5-8(12)7-9(10)13/h2,5-7H,1,3-4H2,(H,14,15). The van der Waals surface area contributed by atoms with Gasteiger partial charge in [-0.1, -0.05) is 6.08 Å². The van der Waals surface area contributed by atoms with Crippen molar-refractivity contribution < 1.29 is 13.6 Å². The van der Waals surface area contributed by atoms with Crippen LogP contribution in [0.4, 0.5) is 14.5 Å². The molecule has 0 spiro atoms. The second-order valence-electron chi connectivity index (χ2n) is 3.00. The van der Waals surface area contributed by atoms with Crippen LogP contribution >= 0.6 is 0 Å². The van der Waals surface area contributed by atoms with Crippen LogP contribution in [0.15, 0.2) is 30.9 Å². The maximum atomic E-state index is 13.1. The van der Waals surface area contributed by atoms with E-state index in [2.05, 4.69) is 11.9 Å². The van der Waals surface area contributed by atoms with Crippen LogP contribution in [0.1, 0.15) is 12.8 Å². The second-order valence-corrected chi connectivity index (χ2v) is 3.00. The quantitative estimate of drug-likeness (QED) is 0.762. The molecule has 1 N–H and O–H groups in total. The van der Waals surface area contributed by atoms with Gasteiger partial charge >= 0.3 is 0 Å². The second kappa shape index (κ2) is 5.24. The summed E-state index contributed by atoms with van der Waals surface area (Å²) in [4.78, 5) is 11.2. The Morgan fingerprint density at radius 3 is 2.80 bits per heavy atom. The number of halogens is 2. The van der Waals surface area contributed by atoms with Crippen molar-refractivity contribution in [3.05, 3.63) is 42.5 Å². The lowest BCUT2D eigenvalue weighted by molar-refractivity contribution is -0.116. The highest BCUT2D eigenvalue weighted by atomic mass is 19.1. The van der Waals surface area contributed by atoms with Crippen LogP contribution < -0.4 is 5.32 Å². The predicted molar refractivity (Wildman–Crippen MR) is 54.4 cm³/mol. The molecular weight excluding hydrogens is 200 g/mol. The molecular formula is C11H11F2NO. The molecule has 0 radical (unpaired) electrons. The number of rotatable bonds is 4. The number of hydrogen-bond acceptors (Lipinski definition) is 1. The Balaban J connectivity index is 2.64. The summed E-state index contributed by atoms with van der Waals surface area (Å²) < 4.78 is 25.6. The van der Waals surface area contributed by atoms with Crippen LogP contribution in [-0.4, -0.2) is 5.91 Å². The maximum Gasteiger partial charge on any atom is 0.224 e. The Bertz CT molecular complexity index is 377. The molecule has 1 amide bonds. The molecule has 0 aliphatic carbocycles. The molecule has 0 unspecified atom stereocenters. The van der Waals surface area contributed by atoms with Gasteiger partial charge in [0.15, 0.2) is 0 Å². The first kappa shape index (κ1) is 11.4. The van der Waals surface area contributed by atoms with Gasteiger partial charge in [0.2, 0.25) is 5.91 Å². The SMILES string of the molecule is C=CCCC(=O)Nc1ccc(F)cc1F. The fourth-order valence-corrected chi connectivity index (χ4v) is 1.04. The molecule has 1 aromatic rings. The molecule has 1 aromatic carbocycles. The number of amides is 1. The van der Waals surface area contributed by atoms with Gasteiger partial charge in [0.05, 0.1) is 5.69 Å². The van der Waals surface area contributed by atoms with Gasteiger partial charge in [-0.15, -0.1) is 6.58 Å². The summed E-state index contributed by atoms with van der Waals surface area (Å²) in [5.41, 5.74) is -0.00883. The summed E-state index contributed by atoms with van der Waals surface area (Å²) in [6, 6.07) is 3.01. The van der Waals surface area contributed by atoms with Crippen molar-refractivity contribution >= 4 is 11.6 Å². The monoisotopic (exact) mass is 211 g/mol. The molecule has 15 heavy (non-hydrogen) atoms. The van der Waals surface area contributed by atoms with E-state index in [0.717, 1.165) is 12.1 Å². The maximum absolute atomic E-state index is 13.1. The van der Waals surface area contributed by atoms with Crippen molar-refractivity contribution in [1.29, 1.82) is 0 Å². The van der Waals surface area contributed by atoms with Gasteiger partial charge < -0.3 is 5.32 Å². The summed E-state index contributed by atoms with van der Waals surface area (Å²) in [5, 5.41) is 2.34. The number of benzene rings is 1. The Kier molecular flexibility index (Phi) is 3.97. The minimum absolute atomic E-state index is 0.00883. The average Bonchev–Trinajstić information content (AvgIpc) is 2.19.